The number of aromatic nitrogens is 2. The van der Waals surface area contributed by atoms with Gasteiger partial charge in [0.05, 0.1) is 7.11 Å². The summed E-state index contributed by atoms with van der Waals surface area (Å²) in [6.07, 6.45) is 1.35. The summed E-state index contributed by atoms with van der Waals surface area (Å²) < 4.78 is 6.08. The second kappa shape index (κ2) is 7.76. The first-order valence-corrected chi connectivity index (χ1v) is 8.23. The fraction of sp³-hybridized carbons (Fsp3) is 0.0556. The van der Waals surface area contributed by atoms with Crippen molar-refractivity contribution < 1.29 is 9.53 Å². The van der Waals surface area contributed by atoms with Gasteiger partial charge < -0.3 is 15.4 Å². The number of ether oxygens (including phenoxy) is 1. The molecule has 0 spiro atoms. The van der Waals surface area contributed by atoms with E-state index in [-0.39, 0.29) is 11.6 Å². The van der Waals surface area contributed by atoms with Crippen molar-refractivity contribution in [2.24, 2.45) is 0 Å². The number of rotatable bonds is 5. The molecule has 6 nitrogen and oxygen atoms in total. The molecule has 0 radical (unpaired) electrons. The topological polar surface area (TPSA) is 76.1 Å². The third-order valence-corrected chi connectivity index (χ3v) is 3.89. The van der Waals surface area contributed by atoms with Crippen LogP contribution in [0.1, 0.15) is 10.5 Å². The van der Waals surface area contributed by atoms with Crippen LogP contribution in [0.15, 0.2) is 65.4 Å². The van der Waals surface area contributed by atoms with Gasteiger partial charge in [-0.1, -0.05) is 15.9 Å². The summed E-state index contributed by atoms with van der Waals surface area (Å²) in [5, 5.41) is 5.93. The van der Waals surface area contributed by atoms with Crippen LogP contribution in [-0.2, 0) is 0 Å². The number of methoxy groups -OCH3 is 1. The molecule has 126 valence electrons. The van der Waals surface area contributed by atoms with Gasteiger partial charge in [0.1, 0.15) is 23.6 Å². The Balaban J connectivity index is 1.71. The molecule has 1 aromatic heterocycles. The lowest BCUT2D eigenvalue weighted by Crippen LogP contribution is -2.14. The quantitative estimate of drug-likeness (QED) is 0.671. The minimum Gasteiger partial charge on any atom is -0.497 e. The number of anilines is 3. The van der Waals surface area contributed by atoms with Gasteiger partial charge in [-0.25, -0.2) is 9.97 Å². The zero-order chi connectivity index (χ0) is 17.6. The number of halogens is 1. The smallest absolute Gasteiger partial charge is 0.274 e. The normalized spacial score (nSPS) is 10.2. The number of hydrogen-bond acceptors (Lipinski definition) is 5. The average Bonchev–Trinajstić information content (AvgIpc) is 2.64. The number of hydrogen-bond donors (Lipinski definition) is 2. The molecule has 1 heterocycles. The van der Waals surface area contributed by atoms with Crippen LogP contribution in [0.3, 0.4) is 0 Å². The summed E-state index contributed by atoms with van der Waals surface area (Å²) in [6.45, 7) is 0. The molecule has 1 amide bonds. The Morgan fingerprint density at radius 1 is 1.00 bits per heavy atom. The van der Waals surface area contributed by atoms with Crippen molar-refractivity contribution in [2.75, 3.05) is 17.7 Å². The maximum absolute atomic E-state index is 12.4. The van der Waals surface area contributed by atoms with Crippen LogP contribution in [-0.4, -0.2) is 23.0 Å². The lowest BCUT2D eigenvalue weighted by Gasteiger charge is -2.08. The van der Waals surface area contributed by atoms with E-state index in [4.69, 9.17) is 4.74 Å². The Kier molecular flexibility index (Phi) is 5.25. The number of carbonyl (C=O) groups is 1. The first-order valence-electron chi connectivity index (χ1n) is 7.44. The summed E-state index contributed by atoms with van der Waals surface area (Å²) in [4.78, 5) is 20.5. The maximum Gasteiger partial charge on any atom is 0.274 e. The van der Waals surface area contributed by atoms with Crippen LogP contribution < -0.4 is 15.4 Å². The van der Waals surface area contributed by atoms with Crippen molar-refractivity contribution >= 4 is 39.0 Å². The molecule has 0 atom stereocenters. The van der Waals surface area contributed by atoms with Crippen molar-refractivity contribution in [2.45, 2.75) is 0 Å². The second-order valence-electron chi connectivity index (χ2n) is 5.10. The number of amides is 1. The maximum atomic E-state index is 12.4. The van der Waals surface area contributed by atoms with E-state index < -0.39 is 0 Å². The standard InChI is InChI=1S/C18H15BrN4O2/c1-25-15-8-6-14(7-9-15)23-18(24)16-10-17(21-11-20-16)22-13-4-2-12(19)3-5-13/h2-11H,1H3,(H,23,24)(H,20,21,22). The highest BCUT2D eigenvalue weighted by Crippen LogP contribution is 2.19. The molecule has 0 saturated heterocycles. The van der Waals surface area contributed by atoms with Crippen LogP contribution >= 0.6 is 15.9 Å². The fourth-order valence-electron chi connectivity index (χ4n) is 2.10. The van der Waals surface area contributed by atoms with E-state index in [0.717, 1.165) is 15.9 Å². The van der Waals surface area contributed by atoms with E-state index >= 15 is 0 Å². The minimum atomic E-state index is -0.313. The summed E-state index contributed by atoms with van der Waals surface area (Å²) in [5.74, 6) is 0.949. The number of benzene rings is 2. The SMILES string of the molecule is COc1ccc(NC(=O)c2cc(Nc3ccc(Br)cc3)ncn2)cc1. The molecular formula is C18H15BrN4O2. The van der Waals surface area contributed by atoms with E-state index in [0.29, 0.717) is 11.5 Å². The van der Waals surface area contributed by atoms with Gasteiger partial charge in [0.15, 0.2) is 0 Å². The lowest BCUT2D eigenvalue weighted by atomic mass is 10.3. The Morgan fingerprint density at radius 3 is 2.36 bits per heavy atom. The number of nitrogens with zero attached hydrogens (tertiary/aromatic N) is 2. The molecule has 7 heteroatoms. The fourth-order valence-corrected chi connectivity index (χ4v) is 2.36. The highest BCUT2D eigenvalue weighted by molar-refractivity contribution is 9.10. The van der Waals surface area contributed by atoms with Crippen molar-refractivity contribution in [3.8, 4) is 5.75 Å². The second-order valence-corrected chi connectivity index (χ2v) is 6.02. The molecule has 0 fully saturated rings. The number of carbonyl (C=O) groups excluding carboxylic acids is 1. The molecule has 0 aliphatic carbocycles. The Bertz CT molecular complexity index is 867. The Labute approximate surface area is 153 Å². The van der Waals surface area contributed by atoms with Crippen molar-refractivity contribution in [1.29, 1.82) is 0 Å². The Hall–Kier alpha value is -2.93. The summed E-state index contributed by atoms with van der Waals surface area (Å²) in [5.41, 5.74) is 1.79. The van der Waals surface area contributed by atoms with Crippen LogP contribution in [0.5, 0.6) is 5.75 Å². The molecule has 0 unspecified atom stereocenters. The first-order chi connectivity index (χ1) is 12.1. The van der Waals surface area contributed by atoms with Gasteiger partial charge in [0.25, 0.3) is 5.91 Å². The first kappa shape index (κ1) is 16.9. The van der Waals surface area contributed by atoms with Crippen molar-refractivity contribution in [3.05, 3.63) is 71.1 Å². The predicted molar refractivity (Wildman–Crippen MR) is 100 cm³/mol. The molecule has 3 aromatic rings. The highest BCUT2D eigenvalue weighted by atomic mass is 79.9. The zero-order valence-electron chi connectivity index (χ0n) is 13.4. The zero-order valence-corrected chi connectivity index (χ0v) is 14.9. The van der Waals surface area contributed by atoms with Gasteiger partial charge in [-0.3, -0.25) is 4.79 Å². The summed E-state index contributed by atoms with van der Waals surface area (Å²) >= 11 is 3.39. The van der Waals surface area contributed by atoms with Gasteiger partial charge in [0.2, 0.25) is 0 Å². The Morgan fingerprint density at radius 2 is 1.68 bits per heavy atom. The van der Waals surface area contributed by atoms with Crippen LogP contribution in [0.4, 0.5) is 17.2 Å². The minimum absolute atomic E-state index is 0.269. The van der Waals surface area contributed by atoms with Crippen LogP contribution in [0.2, 0.25) is 0 Å². The molecule has 0 bridgehead atoms. The molecule has 2 aromatic carbocycles. The van der Waals surface area contributed by atoms with Crippen molar-refractivity contribution in [1.82, 2.24) is 9.97 Å². The number of nitrogens with one attached hydrogen (secondary N) is 2. The molecule has 0 saturated carbocycles. The van der Waals surface area contributed by atoms with Gasteiger partial charge in [0, 0.05) is 21.9 Å². The van der Waals surface area contributed by atoms with E-state index in [1.54, 1.807) is 37.4 Å². The lowest BCUT2D eigenvalue weighted by molar-refractivity contribution is 0.102. The van der Waals surface area contributed by atoms with Crippen molar-refractivity contribution in [3.63, 3.8) is 0 Å². The van der Waals surface area contributed by atoms with Crippen LogP contribution in [0, 0.1) is 0 Å². The molecule has 0 aliphatic heterocycles. The summed E-state index contributed by atoms with van der Waals surface area (Å²) in [6, 6.07) is 16.3. The monoisotopic (exact) mass is 398 g/mol. The van der Waals surface area contributed by atoms with E-state index in [2.05, 4.69) is 36.5 Å². The van der Waals surface area contributed by atoms with Gasteiger partial charge in [-0.2, -0.15) is 0 Å². The molecule has 3 rings (SSSR count). The third kappa shape index (κ3) is 4.54. The van der Waals surface area contributed by atoms with E-state index in [1.807, 2.05) is 24.3 Å². The van der Waals surface area contributed by atoms with Gasteiger partial charge in [-0.05, 0) is 48.5 Å². The molecule has 25 heavy (non-hydrogen) atoms. The van der Waals surface area contributed by atoms with Gasteiger partial charge in [-0.15, -0.1) is 0 Å². The molecular weight excluding hydrogens is 384 g/mol. The molecule has 0 aliphatic rings. The predicted octanol–water partition coefficient (Wildman–Crippen LogP) is 4.24. The summed E-state index contributed by atoms with van der Waals surface area (Å²) in [7, 11) is 1.59. The average molecular weight is 399 g/mol. The van der Waals surface area contributed by atoms with E-state index in [9.17, 15) is 4.79 Å². The highest BCUT2D eigenvalue weighted by Gasteiger charge is 2.09. The van der Waals surface area contributed by atoms with Gasteiger partial charge >= 0.3 is 0 Å². The molecule has 2 N–H and O–H groups in total. The van der Waals surface area contributed by atoms with E-state index in [1.165, 1.54) is 6.33 Å². The largest absolute Gasteiger partial charge is 0.497 e. The van der Waals surface area contributed by atoms with Crippen LogP contribution in [0.25, 0.3) is 0 Å². The third-order valence-electron chi connectivity index (χ3n) is 3.36.